The summed E-state index contributed by atoms with van der Waals surface area (Å²) in [4.78, 5) is 22.4. The van der Waals surface area contributed by atoms with E-state index in [9.17, 15) is 14.0 Å². The van der Waals surface area contributed by atoms with Crippen molar-refractivity contribution in [3.05, 3.63) is 35.1 Å². The van der Waals surface area contributed by atoms with Gasteiger partial charge >= 0.3 is 0 Å². The van der Waals surface area contributed by atoms with Gasteiger partial charge in [0.1, 0.15) is 12.4 Å². The van der Waals surface area contributed by atoms with Gasteiger partial charge in [0, 0.05) is 12.1 Å². The number of benzene rings is 1. The molecule has 0 aromatic heterocycles. The number of nitrogens with one attached hydrogen (secondary N) is 1. The van der Waals surface area contributed by atoms with Crippen molar-refractivity contribution < 1.29 is 18.7 Å². The summed E-state index contributed by atoms with van der Waals surface area (Å²) in [5.74, 6) is 3.69. The molecule has 0 aliphatic carbocycles. The third-order valence-corrected chi connectivity index (χ3v) is 2.33. The molecule has 0 saturated carbocycles. The molecule has 6 nitrogen and oxygen atoms in total. The molecule has 0 saturated heterocycles. The first-order chi connectivity index (χ1) is 10.0. The van der Waals surface area contributed by atoms with Crippen LogP contribution in [0.4, 0.5) is 4.39 Å². The van der Waals surface area contributed by atoms with E-state index >= 15 is 0 Å². The summed E-state index contributed by atoms with van der Waals surface area (Å²) in [6.45, 7) is 0.197. The van der Waals surface area contributed by atoms with Crippen molar-refractivity contribution in [2.75, 3.05) is 26.3 Å². The first-order valence-electron chi connectivity index (χ1n) is 6.17. The molecule has 0 aliphatic heterocycles. The van der Waals surface area contributed by atoms with Crippen LogP contribution in [0.1, 0.15) is 15.9 Å². The molecule has 0 aliphatic rings. The van der Waals surface area contributed by atoms with Gasteiger partial charge in [-0.05, 0) is 18.2 Å². The van der Waals surface area contributed by atoms with Crippen LogP contribution in [0.5, 0.6) is 0 Å². The number of primary amides is 1. The predicted molar refractivity (Wildman–Crippen MR) is 74.7 cm³/mol. The molecule has 0 fully saturated rings. The Hall–Kier alpha value is -2.43. The van der Waals surface area contributed by atoms with E-state index in [2.05, 4.69) is 17.2 Å². The number of rotatable bonds is 6. The van der Waals surface area contributed by atoms with Gasteiger partial charge in [0.05, 0.1) is 18.7 Å². The van der Waals surface area contributed by atoms with Crippen molar-refractivity contribution in [1.29, 1.82) is 0 Å². The van der Waals surface area contributed by atoms with Crippen molar-refractivity contribution in [2.45, 2.75) is 0 Å². The van der Waals surface area contributed by atoms with E-state index < -0.39 is 17.6 Å². The summed E-state index contributed by atoms with van der Waals surface area (Å²) in [6, 6.07) is 3.73. The van der Waals surface area contributed by atoms with Crippen molar-refractivity contribution in [2.24, 2.45) is 11.5 Å². The van der Waals surface area contributed by atoms with Crippen LogP contribution in [0.25, 0.3) is 0 Å². The zero-order valence-electron chi connectivity index (χ0n) is 11.3. The normalized spacial score (nSPS) is 9.62. The van der Waals surface area contributed by atoms with Gasteiger partial charge in [-0.1, -0.05) is 11.8 Å². The van der Waals surface area contributed by atoms with E-state index in [-0.39, 0.29) is 31.9 Å². The van der Waals surface area contributed by atoms with Gasteiger partial charge in [-0.15, -0.1) is 0 Å². The number of carbonyl (C=O) groups is 2. The zero-order chi connectivity index (χ0) is 15.7. The summed E-state index contributed by atoms with van der Waals surface area (Å²) in [5.41, 5.74) is 10.7. The largest absolute Gasteiger partial charge is 0.370 e. The maximum Gasteiger partial charge on any atom is 0.252 e. The van der Waals surface area contributed by atoms with Crippen molar-refractivity contribution in [3.63, 3.8) is 0 Å². The Balaban J connectivity index is 2.64. The standard InChI is InChI=1S/C14H16FN3O3/c15-11-4-3-10(2-1-5-16)12(8-11)14(20)18-6-7-21-9-13(17)19/h3-4,8H,5-7,9,16H2,(H2,17,19)(H,18,20). The number of nitrogens with two attached hydrogens (primary N) is 2. The maximum atomic E-state index is 13.2. The molecule has 21 heavy (non-hydrogen) atoms. The van der Waals surface area contributed by atoms with Crippen LogP contribution in [0.3, 0.4) is 0 Å². The molecule has 1 aromatic rings. The van der Waals surface area contributed by atoms with E-state index in [0.29, 0.717) is 5.56 Å². The second-order valence-corrected chi connectivity index (χ2v) is 3.97. The van der Waals surface area contributed by atoms with Crippen molar-refractivity contribution in [3.8, 4) is 11.8 Å². The highest BCUT2D eigenvalue weighted by Gasteiger charge is 2.11. The summed E-state index contributed by atoms with van der Waals surface area (Å²) < 4.78 is 18.1. The van der Waals surface area contributed by atoms with Crippen LogP contribution >= 0.6 is 0 Å². The number of carbonyl (C=O) groups excluding carboxylic acids is 2. The molecular weight excluding hydrogens is 277 g/mol. The summed E-state index contributed by atoms with van der Waals surface area (Å²) >= 11 is 0. The third-order valence-electron chi connectivity index (χ3n) is 2.33. The minimum absolute atomic E-state index is 0.117. The van der Waals surface area contributed by atoms with Gasteiger partial charge in [-0.25, -0.2) is 4.39 Å². The van der Waals surface area contributed by atoms with Gasteiger partial charge < -0.3 is 21.5 Å². The van der Waals surface area contributed by atoms with Gasteiger partial charge in [-0.3, -0.25) is 9.59 Å². The third kappa shape index (κ3) is 6.03. The number of hydrogen-bond donors (Lipinski definition) is 3. The predicted octanol–water partition coefficient (Wildman–Crippen LogP) is -0.632. The van der Waals surface area contributed by atoms with Crippen molar-refractivity contribution in [1.82, 2.24) is 5.32 Å². The van der Waals surface area contributed by atoms with E-state index in [0.717, 1.165) is 6.07 Å². The molecule has 2 amide bonds. The fraction of sp³-hybridized carbons (Fsp3) is 0.286. The van der Waals surface area contributed by atoms with Gasteiger partial charge in [0.25, 0.3) is 5.91 Å². The molecule has 112 valence electrons. The summed E-state index contributed by atoms with van der Waals surface area (Å²) in [5, 5.41) is 2.53. The highest BCUT2D eigenvalue weighted by Crippen LogP contribution is 2.10. The average Bonchev–Trinajstić information content (AvgIpc) is 2.45. The summed E-state index contributed by atoms with van der Waals surface area (Å²) in [7, 11) is 0. The molecule has 7 heteroatoms. The Morgan fingerprint density at radius 2 is 2.14 bits per heavy atom. The smallest absolute Gasteiger partial charge is 0.252 e. The van der Waals surface area contributed by atoms with Crippen LogP contribution in [0, 0.1) is 17.7 Å². The van der Waals surface area contributed by atoms with Crippen LogP contribution in [-0.2, 0) is 9.53 Å². The molecule has 0 unspecified atom stereocenters. The molecule has 0 radical (unpaired) electrons. The van der Waals surface area contributed by atoms with Gasteiger partial charge in [0.2, 0.25) is 5.91 Å². The topological polar surface area (TPSA) is 107 Å². The maximum absolute atomic E-state index is 13.2. The molecule has 5 N–H and O–H groups in total. The molecule has 0 atom stereocenters. The number of ether oxygens (including phenoxy) is 1. The minimum Gasteiger partial charge on any atom is -0.370 e. The van der Waals surface area contributed by atoms with Gasteiger partial charge in [0.15, 0.2) is 0 Å². The lowest BCUT2D eigenvalue weighted by Crippen LogP contribution is -2.29. The molecule has 1 aromatic carbocycles. The van der Waals surface area contributed by atoms with Crippen LogP contribution in [0.2, 0.25) is 0 Å². The molecular formula is C14H16FN3O3. The lowest BCUT2D eigenvalue weighted by molar-refractivity contribution is -0.122. The van der Waals surface area contributed by atoms with Gasteiger partial charge in [-0.2, -0.15) is 0 Å². The number of amides is 2. The highest BCUT2D eigenvalue weighted by molar-refractivity contribution is 5.96. The number of halogens is 1. The molecule has 1 rings (SSSR count). The Labute approximate surface area is 121 Å². The number of hydrogen-bond acceptors (Lipinski definition) is 4. The molecule has 0 spiro atoms. The lowest BCUT2D eigenvalue weighted by Gasteiger charge is -2.07. The molecule has 0 bridgehead atoms. The fourth-order valence-corrected chi connectivity index (χ4v) is 1.46. The van der Waals surface area contributed by atoms with Crippen LogP contribution in [-0.4, -0.2) is 38.1 Å². The van der Waals surface area contributed by atoms with Crippen LogP contribution < -0.4 is 16.8 Å². The van der Waals surface area contributed by atoms with E-state index in [1.165, 1.54) is 12.1 Å². The Bertz CT molecular complexity index is 579. The van der Waals surface area contributed by atoms with Crippen molar-refractivity contribution >= 4 is 11.8 Å². The van der Waals surface area contributed by atoms with E-state index in [4.69, 9.17) is 16.2 Å². The van der Waals surface area contributed by atoms with Crippen LogP contribution in [0.15, 0.2) is 18.2 Å². The SMILES string of the molecule is NCC#Cc1ccc(F)cc1C(=O)NCCOCC(N)=O. The van der Waals surface area contributed by atoms with E-state index in [1.54, 1.807) is 0 Å². The first-order valence-corrected chi connectivity index (χ1v) is 6.17. The highest BCUT2D eigenvalue weighted by atomic mass is 19.1. The summed E-state index contributed by atoms with van der Waals surface area (Å²) in [6.07, 6.45) is 0. The Kier molecular flexibility index (Phi) is 6.87. The Morgan fingerprint density at radius 1 is 1.38 bits per heavy atom. The lowest BCUT2D eigenvalue weighted by atomic mass is 10.1. The Morgan fingerprint density at radius 3 is 2.81 bits per heavy atom. The second-order valence-electron chi connectivity index (χ2n) is 3.97. The average molecular weight is 293 g/mol. The van der Waals surface area contributed by atoms with E-state index in [1.807, 2.05) is 0 Å². The quantitative estimate of drug-likeness (QED) is 0.479. The first kappa shape index (κ1) is 16.6. The molecule has 0 heterocycles. The minimum atomic E-state index is -0.592. The fourth-order valence-electron chi connectivity index (χ4n) is 1.46. The monoisotopic (exact) mass is 293 g/mol. The zero-order valence-corrected chi connectivity index (χ0v) is 11.3. The second kappa shape index (κ2) is 8.68.